The van der Waals surface area contributed by atoms with Crippen LogP contribution in [-0.4, -0.2) is 18.5 Å². The number of hydrogen-bond donors (Lipinski definition) is 0. The van der Waals surface area contributed by atoms with Gasteiger partial charge in [0, 0.05) is 16.1 Å². The van der Waals surface area contributed by atoms with Gasteiger partial charge in [-0.2, -0.15) is 0 Å². The van der Waals surface area contributed by atoms with Gasteiger partial charge in [-0.1, -0.05) is 54.0 Å². The van der Waals surface area contributed by atoms with Crippen LogP contribution in [0, 0.1) is 5.92 Å². The lowest BCUT2D eigenvalue weighted by atomic mass is 10.1. The molecule has 0 heterocycles. The first-order valence-corrected chi connectivity index (χ1v) is 9.18. The van der Waals surface area contributed by atoms with E-state index in [1.165, 1.54) is 12.8 Å². The maximum Gasteiger partial charge on any atom is 0.127 e. The van der Waals surface area contributed by atoms with E-state index in [0.717, 1.165) is 47.2 Å². The minimum atomic E-state index is 0.518. The third-order valence-electron chi connectivity index (χ3n) is 3.45. The molecule has 2 rings (SSSR count). The van der Waals surface area contributed by atoms with Gasteiger partial charge in [0.25, 0.3) is 0 Å². The average Bonchev–Trinajstić information content (AvgIpc) is 2.53. The number of ether oxygens (including phenoxy) is 2. The Labute approximate surface area is 141 Å². The van der Waals surface area contributed by atoms with Crippen LogP contribution in [0.15, 0.2) is 36.4 Å². The van der Waals surface area contributed by atoms with Crippen molar-refractivity contribution in [2.24, 2.45) is 5.92 Å². The summed E-state index contributed by atoms with van der Waals surface area (Å²) in [6.07, 6.45) is 3.48. The Morgan fingerprint density at radius 1 is 0.864 bits per heavy atom. The summed E-state index contributed by atoms with van der Waals surface area (Å²) in [4.78, 5) is 0. The molecule has 0 amide bonds. The van der Waals surface area contributed by atoms with Gasteiger partial charge in [0.05, 0.1) is 13.2 Å². The highest BCUT2D eigenvalue weighted by Crippen LogP contribution is 2.33. The summed E-state index contributed by atoms with van der Waals surface area (Å²) in [5.74, 6) is 2.41. The number of alkyl halides is 1. The van der Waals surface area contributed by atoms with E-state index in [1.807, 2.05) is 24.3 Å². The van der Waals surface area contributed by atoms with E-state index in [1.54, 1.807) is 0 Å². The predicted octanol–water partition coefficient (Wildman–Crippen LogP) is 5.82. The van der Waals surface area contributed by atoms with E-state index in [-0.39, 0.29) is 0 Å². The van der Waals surface area contributed by atoms with E-state index in [2.05, 4.69) is 41.9 Å². The molecule has 0 aliphatic rings. The molecule has 0 unspecified atom stereocenters. The Morgan fingerprint density at radius 2 is 1.50 bits per heavy atom. The maximum atomic E-state index is 5.98. The lowest BCUT2D eigenvalue weighted by molar-refractivity contribution is 0.273. The standard InChI is InChI=1S/C19H25BrO2/c1-15(2)14-22-19-11-10-18(21-13-7-3-6-12-20)16-8-4-5-9-17(16)19/h4-5,8-11,15H,3,6-7,12-14H2,1-2H3. The van der Waals surface area contributed by atoms with Crippen LogP contribution < -0.4 is 9.47 Å². The predicted molar refractivity (Wildman–Crippen MR) is 97.4 cm³/mol. The molecule has 120 valence electrons. The van der Waals surface area contributed by atoms with Gasteiger partial charge in [-0.15, -0.1) is 0 Å². The SMILES string of the molecule is CC(C)COc1ccc(OCCCCCBr)c2ccccc12. The second-order valence-electron chi connectivity index (χ2n) is 5.91. The Morgan fingerprint density at radius 3 is 2.09 bits per heavy atom. The monoisotopic (exact) mass is 364 g/mol. The Balaban J connectivity index is 2.10. The van der Waals surface area contributed by atoms with Crippen molar-refractivity contribution in [2.75, 3.05) is 18.5 Å². The fraction of sp³-hybridized carbons (Fsp3) is 0.474. The first-order chi connectivity index (χ1) is 10.7. The molecule has 22 heavy (non-hydrogen) atoms. The molecule has 0 aliphatic heterocycles. The van der Waals surface area contributed by atoms with E-state index in [4.69, 9.17) is 9.47 Å². The number of benzene rings is 2. The van der Waals surface area contributed by atoms with Crippen LogP contribution in [0.4, 0.5) is 0 Å². The molecule has 2 aromatic rings. The lowest BCUT2D eigenvalue weighted by Crippen LogP contribution is -2.05. The largest absolute Gasteiger partial charge is 0.493 e. The fourth-order valence-corrected chi connectivity index (χ4v) is 2.70. The number of halogens is 1. The van der Waals surface area contributed by atoms with Crippen LogP contribution in [0.5, 0.6) is 11.5 Å². The second-order valence-corrected chi connectivity index (χ2v) is 6.70. The second kappa shape index (κ2) is 9.04. The van der Waals surface area contributed by atoms with Crippen molar-refractivity contribution in [2.45, 2.75) is 33.1 Å². The fourth-order valence-electron chi connectivity index (χ4n) is 2.31. The van der Waals surface area contributed by atoms with Gasteiger partial charge < -0.3 is 9.47 Å². The molecule has 3 heteroatoms. The summed E-state index contributed by atoms with van der Waals surface area (Å²) in [5, 5.41) is 3.32. The summed E-state index contributed by atoms with van der Waals surface area (Å²) >= 11 is 3.46. The van der Waals surface area contributed by atoms with Crippen molar-refractivity contribution in [3.8, 4) is 11.5 Å². The Hall–Kier alpha value is -1.22. The van der Waals surface area contributed by atoms with Crippen molar-refractivity contribution in [3.05, 3.63) is 36.4 Å². The van der Waals surface area contributed by atoms with Crippen molar-refractivity contribution < 1.29 is 9.47 Å². The molecule has 0 saturated carbocycles. The summed E-state index contributed by atoms with van der Waals surface area (Å²) in [6, 6.07) is 12.4. The summed E-state index contributed by atoms with van der Waals surface area (Å²) < 4.78 is 11.9. The molecule has 0 spiro atoms. The molecule has 2 aromatic carbocycles. The van der Waals surface area contributed by atoms with Gasteiger partial charge in [0.1, 0.15) is 11.5 Å². The van der Waals surface area contributed by atoms with Gasteiger partial charge >= 0.3 is 0 Å². The van der Waals surface area contributed by atoms with Crippen LogP contribution >= 0.6 is 15.9 Å². The maximum absolute atomic E-state index is 5.98. The van der Waals surface area contributed by atoms with Gasteiger partial charge in [-0.25, -0.2) is 0 Å². The quantitative estimate of drug-likeness (QED) is 0.412. The molecule has 0 bridgehead atoms. The zero-order chi connectivity index (χ0) is 15.8. The number of hydrogen-bond acceptors (Lipinski definition) is 2. The van der Waals surface area contributed by atoms with Crippen molar-refractivity contribution in [1.29, 1.82) is 0 Å². The lowest BCUT2D eigenvalue weighted by Gasteiger charge is -2.14. The van der Waals surface area contributed by atoms with Crippen molar-refractivity contribution in [3.63, 3.8) is 0 Å². The first-order valence-electron chi connectivity index (χ1n) is 8.05. The van der Waals surface area contributed by atoms with Gasteiger partial charge in [0.15, 0.2) is 0 Å². The molecule has 0 radical (unpaired) electrons. The van der Waals surface area contributed by atoms with E-state index >= 15 is 0 Å². The van der Waals surface area contributed by atoms with Gasteiger partial charge in [-0.05, 0) is 37.3 Å². The topological polar surface area (TPSA) is 18.5 Å². The summed E-state index contributed by atoms with van der Waals surface area (Å²) in [7, 11) is 0. The van der Waals surface area contributed by atoms with Crippen LogP contribution in [0.2, 0.25) is 0 Å². The molecule has 0 N–H and O–H groups in total. The number of rotatable bonds is 9. The van der Waals surface area contributed by atoms with E-state index in [0.29, 0.717) is 5.92 Å². The van der Waals surface area contributed by atoms with Gasteiger partial charge in [0.2, 0.25) is 0 Å². The molecular weight excluding hydrogens is 340 g/mol. The zero-order valence-corrected chi connectivity index (χ0v) is 15.1. The van der Waals surface area contributed by atoms with Crippen LogP contribution in [-0.2, 0) is 0 Å². The van der Waals surface area contributed by atoms with Crippen molar-refractivity contribution >= 4 is 26.7 Å². The normalized spacial score (nSPS) is 11.1. The molecule has 0 aromatic heterocycles. The molecule has 0 saturated heterocycles. The average molecular weight is 365 g/mol. The molecular formula is C19H25BrO2. The minimum Gasteiger partial charge on any atom is -0.493 e. The molecule has 0 atom stereocenters. The zero-order valence-electron chi connectivity index (χ0n) is 13.5. The summed E-state index contributed by atoms with van der Waals surface area (Å²) in [5.41, 5.74) is 0. The number of unbranched alkanes of at least 4 members (excludes halogenated alkanes) is 2. The first kappa shape index (κ1) is 17.1. The highest BCUT2D eigenvalue weighted by atomic mass is 79.9. The van der Waals surface area contributed by atoms with Crippen LogP contribution in [0.3, 0.4) is 0 Å². The highest BCUT2D eigenvalue weighted by Gasteiger charge is 2.08. The van der Waals surface area contributed by atoms with Crippen LogP contribution in [0.1, 0.15) is 33.1 Å². The van der Waals surface area contributed by atoms with E-state index in [9.17, 15) is 0 Å². The smallest absolute Gasteiger partial charge is 0.127 e. The van der Waals surface area contributed by atoms with Gasteiger partial charge in [-0.3, -0.25) is 0 Å². The summed E-state index contributed by atoms with van der Waals surface area (Å²) in [6.45, 7) is 5.82. The van der Waals surface area contributed by atoms with E-state index < -0.39 is 0 Å². The third kappa shape index (κ3) is 4.91. The Kier molecular flexibility index (Phi) is 7.04. The van der Waals surface area contributed by atoms with Crippen LogP contribution in [0.25, 0.3) is 10.8 Å². The Bertz CT molecular complexity index is 581. The number of fused-ring (bicyclic) bond motifs is 1. The molecule has 0 fully saturated rings. The molecule has 2 nitrogen and oxygen atoms in total. The van der Waals surface area contributed by atoms with Crippen molar-refractivity contribution in [1.82, 2.24) is 0 Å². The highest BCUT2D eigenvalue weighted by molar-refractivity contribution is 9.09. The third-order valence-corrected chi connectivity index (χ3v) is 4.01. The minimum absolute atomic E-state index is 0.518. The molecule has 0 aliphatic carbocycles.